The summed E-state index contributed by atoms with van der Waals surface area (Å²) in [5, 5.41) is 2.41. The number of allylic oxidation sites excluding steroid dienone is 5. The van der Waals surface area contributed by atoms with E-state index in [2.05, 4.69) is 5.32 Å². The van der Waals surface area contributed by atoms with E-state index in [0.717, 1.165) is 33.6 Å². The second-order valence-electron chi connectivity index (χ2n) is 9.97. The van der Waals surface area contributed by atoms with Crippen molar-refractivity contribution < 1.29 is 33.8 Å². The summed E-state index contributed by atoms with van der Waals surface area (Å²) in [5.41, 5.74) is 4.72. The lowest BCUT2D eigenvalue weighted by molar-refractivity contribution is -0.131. The van der Waals surface area contributed by atoms with Crippen molar-refractivity contribution in [3.63, 3.8) is 0 Å². The Bertz CT molecular complexity index is 1220. The van der Waals surface area contributed by atoms with Crippen LogP contribution >= 0.6 is 0 Å². The number of rotatable bonds is 8. The van der Waals surface area contributed by atoms with Gasteiger partial charge in [-0.05, 0) is 55.5 Å². The van der Waals surface area contributed by atoms with E-state index in [1.54, 1.807) is 38.1 Å². The molecule has 212 valence electrons. The maximum Gasteiger partial charge on any atom is 0.254 e. The van der Waals surface area contributed by atoms with Crippen molar-refractivity contribution in [2.45, 2.75) is 72.0 Å². The second kappa shape index (κ2) is 14.0. The van der Waals surface area contributed by atoms with Crippen LogP contribution in [0.1, 0.15) is 75.2 Å². The summed E-state index contributed by atoms with van der Waals surface area (Å²) in [7, 11) is 3.40. The fourth-order valence-electron chi connectivity index (χ4n) is 4.78. The fraction of sp³-hybridized carbons (Fsp3) is 0.467. The van der Waals surface area contributed by atoms with Crippen molar-refractivity contribution in [2.75, 3.05) is 14.2 Å². The van der Waals surface area contributed by atoms with Crippen molar-refractivity contribution >= 4 is 23.5 Å². The molecule has 2 atom stereocenters. The molecule has 9 heteroatoms. The number of carbonyl (C=O) groups excluding carboxylic acids is 4. The van der Waals surface area contributed by atoms with E-state index in [1.807, 2.05) is 32.1 Å². The number of benzene rings is 1. The number of ketones is 1. The quantitative estimate of drug-likeness (QED) is 0.528. The summed E-state index contributed by atoms with van der Waals surface area (Å²) in [6.07, 6.45) is 5.03. The van der Waals surface area contributed by atoms with E-state index in [9.17, 15) is 23.6 Å². The van der Waals surface area contributed by atoms with Crippen LogP contribution in [0.3, 0.4) is 0 Å². The molecule has 0 bridgehead atoms. The number of hydrogen-bond acceptors (Lipinski definition) is 5. The predicted octanol–water partition coefficient (Wildman–Crippen LogP) is 4.19. The first-order valence-electron chi connectivity index (χ1n) is 13.2. The van der Waals surface area contributed by atoms with Gasteiger partial charge in [0.05, 0.1) is 13.0 Å². The van der Waals surface area contributed by atoms with Crippen molar-refractivity contribution in [1.82, 2.24) is 10.2 Å². The number of alkyl halides is 1. The Kier molecular flexibility index (Phi) is 11.3. The molecular weight excluding hydrogens is 503 g/mol. The number of amides is 3. The first-order chi connectivity index (χ1) is 18.1. The van der Waals surface area contributed by atoms with E-state index in [1.165, 1.54) is 0 Å². The molecular formula is C30H39FN2O6. The molecule has 0 saturated carbocycles. The van der Waals surface area contributed by atoms with Crippen LogP contribution in [0.15, 0.2) is 52.6 Å². The molecule has 0 saturated heterocycles. The highest BCUT2D eigenvalue weighted by Gasteiger charge is 2.32. The lowest BCUT2D eigenvalue weighted by Gasteiger charge is -2.19. The van der Waals surface area contributed by atoms with Gasteiger partial charge in [0.2, 0.25) is 11.8 Å². The fourth-order valence-corrected chi connectivity index (χ4v) is 4.78. The Balaban J connectivity index is 0.000000319. The van der Waals surface area contributed by atoms with Gasteiger partial charge in [-0.25, -0.2) is 4.39 Å². The highest BCUT2D eigenvalue weighted by Crippen LogP contribution is 2.39. The average Bonchev–Trinajstić information content (AvgIpc) is 3.42. The Morgan fingerprint density at radius 3 is 2.49 bits per heavy atom. The van der Waals surface area contributed by atoms with Crippen molar-refractivity contribution in [2.24, 2.45) is 5.92 Å². The molecule has 0 fully saturated rings. The molecule has 3 aliphatic rings. The molecule has 8 nitrogen and oxygen atoms in total. The van der Waals surface area contributed by atoms with Gasteiger partial charge in [0, 0.05) is 44.0 Å². The predicted molar refractivity (Wildman–Crippen MR) is 147 cm³/mol. The second-order valence-corrected chi connectivity index (χ2v) is 9.97. The third kappa shape index (κ3) is 7.50. The number of hydrogen-bond donors (Lipinski definition) is 1. The zero-order valence-electron chi connectivity index (χ0n) is 23.4. The van der Waals surface area contributed by atoms with Crippen molar-refractivity contribution in [3.05, 3.63) is 63.8 Å². The Morgan fingerprint density at radius 1 is 1.15 bits per heavy atom. The zero-order valence-corrected chi connectivity index (χ0v) is 23.4. The van der Waals surface area contributed by atoms with Gasteiger partial charge in [0.15, 0.2) is 5.78 Å². The van der Waals surface area contributed by atoms with Gasteiger partial charge in [-0.3, -0.25) is 24.5 Å². The molecule has 1 heterocycles. The molecule has 0 spiro atoms. The highest BCUT2D eigenvalue weighted by molar-refractivity contribution is 5.99. The minimum Gasteiger partial charge on any atom is -0.497 e. The van der Waals surface area contributed by atoms with Gasteiger partial charge in [-0.1, -0.05) is 37.1 Å². The third-order valence-electron chi connectivity index (χ3n) is 7.03. The Hall–Kier alpha value is -3.59. The highest BCUT2D eigenvalue weighted by atomic mass is 19.1. The van der Waals surface area contributed by atoms with Crippen LogP contribution in [0.2, 0.25) is 0 Å². The summed E-state index contributed by atoms with van der Waals surface area (Å²) in [6, 6.07) is 5.61. The number of methoxy groups -OCH3 is 1. The van der Waals surface area contributed by atoms with E-state index in [4.69, 9.17) is 4.74 Å². The lowest BCUT2D eigenvalue weighted by Crippen LogP contribution is -2.35. The maximum atomic E-state index is 14.3. The number of Topliss-reactive ketones (excluding diaryl/α,β-unsaturated/α-hetero) is 1. The number of halogens is 1. The van der Waals surface area contributed by atoms with E-state index < -0.39 is 12.1 Å². The van der Waals surface area contributed by atoms with Crippen LogP contribution in [-0.4, -0.2) is 54.2 Å². The first kappa shape index (κ1) is 31.6. The maximum absolute atomic E-state index is 14.3. The first-order valence-corrected chi connectivity index (χ1v) is 13.2. The largest absolute Gasteiger partial charge is 0.497 e. The van der Waals surface area contributed by atoms with Crippen LogP contribution in [-0.2, 0) is 20.9 Å². The SMILES string of the molecule is CCCC(=O)NC(=O)C(C)C1=CC2=C(C1)CC(F)C(C(=O)CCC)=C2.COc1ccc2c(c1)C(=O)N(C)C2.O. The number of nitrogens with zero attached hydrogens (tertiary/aromatic N) is 1. The molecule has 2 aliphatic carbocycles. The van der Waals surface area contributed by atoms with Crippen LogP contribution in [0.25, 0.3) is 0 Å². The van der Waals surface area contributed by atoms with Gasteiger partial charge >= 0.3 is 0 Å². The van der Waals surface area contributed by atoms with Crippen LogP contribution in [0.5, 0.6) is 5.75 Å². The van der Waals surface area contributed by atoms with E-state index in [0.29, 0.717) is 38.6 Å². The minimum atomic E-state index is -1.26. The summed E-state index contributed by atoms with van der Waals surface area (Å²) in [6.45, 7) is 6.23. The molecule has 3 N–H and O–H groups in total. The molecule has 4 rings (SSSR count). The molecule has 0 radical (unpaired) electrons. The average molecular weight is 543 g/mol. The molecule has 0 aromatic heterocycles. The minimum absolute atomic E-state index is 0. The summed E-state index contributed by atoms with van der Waals surface area (Å²) in [4.78, 5) is 49.1. The number of carbonyl (C=O) groups is 4. The normalized spacial score (nSPS) is 18.1. The van der Waals surface area contributed by atoms with Gasteiger partial charge in [-0.15, -0.1) is 0 Å². The van der Waals surface area contributed by atoms with Gasteiger partial charge in [0.1, 0.15) is 11.9 Å². The van der Waals surface area contributed by atoms with Gasteiger partial charge < -0.3 is 15.1 Å². The van der Waals surface area contributed by atoms with Crippen molar-refractivity contribution in [3.8, 4) is 5.75 Å². The Morgan fingerprint density at radius 2 is 1.85 bits per heavy atom. The van der Waals surface area contributed by atoms with Gasteiger partial charge in [0.25, 0.3) is 5.91 Å². The number of nitrogens with one attached hydrogen (secondary N) is 1. The van der Waals surface area contributed by atoms with E-state index in [-0.39, 0.29) is 41.0 Å². The molecule has 39 heavy (non-hydrogen) atoms. The molecule has 1 aliphatic heterocycles. The zero-order chi connectivity index (χ0) is 28.0. The van der Waals surface area contributed by atoms with Crippen LogP contribution in [0, 0.1) is 5.92 Å². The van der Waals surface area contributed by atoms with Gasteiger partial charge in [-0.2, -0.15) is 0 Å². The summed E-state index contributed by atoms with van der Waals surface area (Å²) < 4.78 is 19.4. The number of fused-ring (bicyclic) bond motifs is 1. The molecule has 2 unspecified atom stereocenters. The molecule has 3 amide bonds. The smallest absolute Gasteiger partial charge is 0.254 e. The lowest BCUT2D eigenvalue weighted by atomic mass is 9.88. The monoisotopic (exact) mass is 542 g/mol. The van der Waals surface area contributed by atoms with Crippen LogP contribution in [0.4, 0.5) is 4.39 Å². The summed E-state index contributed by atoms with van der Waals surface area (Å²) >= 11 is 0. The van der Waals surface area contributed by atoms with Crippen LogP contribution < -0.4 is 10.1 Å². The molecule has 1 aromatic rings. The molecule has 1 aromatic carbocycles. The third-order valence-corrected chi connectivity index (χ3v) is 7.03. The number of ether oxygens (including phenoxy) is 1. The number of imide groups is 1. The topological polar surface area (TPSA) is 124 Å². The summed E-state index contributed by atoms with van der Waals surface area (Å²) in [5.74, 6) is -0.372. The Labute approximate surface area is 229 Å². The van der Waals surface area contributed by atoms with E-state index >= 15 is 0 Å². The standard InChI is InChI=1S/C20H26FNO3.C10H11NO2.H2O/c1-4-6-18(23)16-10-14-8-13(9-15(14)11-17(16)21)12(3)20(25)22-19(24)7-5-2;1-11-6-7-3-4-8(13-2)5-9(7)10(11)12;/h8,10,12,17H,4-7,9,11H2,1-3H3,(H,22,24,25);3-5H,6H2,1-2H3;1H2. The van der Waals surface area contributed by atoms with Crippen molar-refractivity contribution in [1.29, 1.82) is 0 Å².